The van der Waals surface area contributed by atoms with Gasteiger partial charge in [0.25, 0.3) is 0 Å². The third kappa shape index (κ3) is 3.73. The summed E-state index contributed by atoms with van der Waals surface area (Å²) in [5.41, 5.74) is 0.892. The molecule has 3 atom stereocenters. The summed E-state index contributed by atoms with van der Waals surface area (Å²) in [6, 6.07) is 8.83. The number of nitrogens with one attached hydrogen (secondary N) is 2. The van der Waals surface area contributed by atoms with E-state index < -0.39 is 24.5 Å². The number of carbonyl (C=O) groups is 3. The molecule has 3 N–H and O–H groups in total. The van der Waals surface area contributed by atoms with Crippen molar-refractivity contribution in [2.75, 3.05) is 19.7 Å². The number of benzene rings is 1. The molecule has 2 saturated heterocycles. The van der Waals surface area contributed by atoms with Crippen molar-refractivity contribution >= 4 is 17.7 Å². The highest BCUT2D eigenvalue weighted by molar-refractivity contribution is 5.89. The average Bonchev–Trinajstić information content (AvgIpc) is 3.40. The van der Waals surface area contributed by atoms with E-state index >= 15 is 0 Å². The van der Waals surface area contributed by atoms with E-state index in [4.69, 9.17) is 5.11 Å². The van der Waals surface area contributed by atoms with Crippen molar-refractivity contribution in [3.8, 4) is 0 Å². The molecule has 29 heavy (non-hydrogen) atoms. The normalized spacial score (nSPS) is 23.8. The van der Waals surface area contributed by atoms with Gasteiger partial charge in [0.2, 0.25) is 17.7 Å². The van der Waals surface area contributed by atoms with Crippen molar-refractivity contribution in [3.63, 3.8) is 0 Å². The molecular formula is C20H23N5O4. The Morgan fingerprint density at radius 3 is 2.76 bits per heavy atom. The molecule has 3 amide bonds. The number of nitrogens with zero attached hydrogens (tertiary/aromatic N) is 3. The molecule has 1 aromatic heterocycles. The van der Waals surface area contributed by atoms with Crippen LogP contribution in [0.3, 0.4) is 0 Å². The number of rotatable bonds is 5. The van der Waals surface area contributed by atoms with Crippen LogP contribution in [0, 0.1) is 5.92 Å². The van der Waals surface area contributed by atoms with E-state index in [9.17, 15) is 14.4 Å². The van der Waals surface area contributed by atoms with Gasteiger partial charge in [0, 0.05) is 18.9 Å². The van der Waals surface area contributed by atoms with Crippen LogP contribution in [0.4, 0.5) is 0 Å². The molecule has 0 radical (unpaired) electrons. The van der Waals surface area contributed by atoms with Crippen molar-refractivity contribution in [2.45, 2.75) is 25.0 Å². The molecule has 152 valence electrons. The number of aliphatic hydroxyl groups excluding tert-OH is 1. The number of aliphatic hydroxyl groups is 1. The minimum Gasteiger partial charge on any atom is -0.387 e. The van der Waals surface area contributed by atoms with E-state index in [0.717, 1.165) is 5.56 Å². The first-order valence-electron chi connectivity index (χ1n) is 9.59. The standard InChI is InChI=1S/C20H23N5O4/c26-12-18(28)24-10-14-8-15(20(29)23-9-16-21-6-7-22-16)19(25(14)17(27)11-24)13-4-2-1-3-5-13/h1-7,14-15,19,26H,8-12H2,(H,21,22)(H,23,29)/t14-,15-,19-/m0/s1. The summed E-state index contributed by atoms with van der Waals surface area (Å²) >= 11 is 0. The van der Waals surface area contributed by atoms with Crippen LogP contribution in [0.1, 0.15) is 23.9 Å². The number of piperazine rings is 1. The quantitative estimate of drug-likeness (QED) is 0.647. The highest BCUT2D eigenvalue weighted by Crippen LogP contribution is 2.43. The van der Waals surface area contributed by atoms with Crippen molar-refractivity contribution in [2.24, 2.45) is 5.92 Å². The number of aromatic amines is 1. The second-order valence-electron chi connectivity index (χ2n) is 7.34. The summed E-state index contributed by atoms with van der Waals surface area (Å²) in [5, 5.41) is 12.1. The maximum absolute atomic E-state index is 13.0. The van der Waals surface area contributed by atoms with Crippen molar-refractivity contribution < 1.29 is 19.5 Å². The Balaban J connectivity index is 1.58. The SMILES string of the molecule is O=C(NCc1ncc[nH]1)[C@H]1C[C@H]2CN(C(=O)CO)CC(=O)N2[C@H]1c1ccccc1. The Bertz CT molecular complexity index is 886. The second-order valence-corrected chi connectivity index (χ2v) is 7.34. The maximum atomic E-state index is 13.0. The van der Waals surface area contributed by atoms with Crippen LogP contribution in [0.15, 0.2) is 42.7 Å². The minimum atomic E-state index is -0.630. The van der Waals surface area contributed by atoms with E-state index in [1.54, 1.807) is 17.3 Å². The predicted octanol–water partition coefficient (Wildman–Crippen LogP) is -0.181. The smallest absolute Gasteiger partial charge is 0.248 e. The molecule has 0 unspecified atom stereocenters. The lowest BCUT2D eigenvalue weighted by atomic mass is 9.92. The molecule has 1 aromatic carbocycles. The summed E-state index contributed by atoms with van der Waals surface area (Å²) in [4.78, 5) is 48.0. The van der Waals surface area contributed by atoms with Gasteiger partial charge in [0.15, 0.2) is 0 Å². The van der Waals surface area contributed by atoms with Crippen LogP contribution in [-0.2, 0) is 20.9 Å². The van der Waals surface area contributed by atoms with Crippen LogP contribution in [-0.4, -0.2) is 68.3 Å². The van der Waals surface area contributed by atoms with Gasteiger partial charge in [-0.2, -0.15) is 0 Å². The number of amides is 3. The molecule has 2 aliphatic rings. The second kappa shape index (κ2) is 8.04. The highest BCUT2D eigenvalue weighted by atomic mass is 16.3. The van der Waals surface area contributed by atoms with Gasteiger partial charge in [0.1, 0.15) is 12.4 Å². The van der Waals surface area contributed by atoms with Gasteiger partial charge in [-0.05, 0) is 12.0 Å². The number of fused-ring (bicyclic) bond motifs is 1. The zero-order valence-corrected chi connectivity index (χ0v) is 15.8. The molecule has 9 heteroatoms. The third-order valence-electron chi connectivity index (χ3n) is 5.60. The van der Waals surface area contributed by atoms with Crippen LogP contribution in [0.2, 0.25) is 0 Å². The van der Waals surface area contributed by atoms with Crippen LogP contribution in [0.5, 0.6) is 0 Å². The van der Waals surface area contributed by atoms with E-state index in [-0.39, 0.29) is 30.9 Å². The fourth-order valence-corrected chi connectivity index (χ4v) is 4.32. The van der Waals surface area contributed by atoms with Crippen molar-refractivity contribution in [1.29, 1.82) is 0 Å². The monoisotopic (exact) mass is 397 g/mol. The molecule has 2 aromatic rings. The van der Waals surface area contributed by atoms with Gasteiger partial charge in [-0.25, -0.2) is 4.98 Å². The van der Waals surface area contributed by atoms with Crippen LogP contribution in [0.25, 0.3) is 0 Å². The maximum Gasteiger partial charge on any atom is 0.248 e. The zero-order valence-electron chi connectivity index (χ0n) is 15.8. The van der Waals surface area contributed by atoms with E-state index in [2.05, 4.69) is 15.3 Å². The average molecular weight is 397 g/mol. The molecule has 2 aliphatic heterocycles. The molecule has 0 bridgehead atoms. The van der Waals surface area contributed by atoms with E-state index in [1.807, 2.05) is 30.3 Å². The summed E-state index contributed by atoms with van der Waals surface area (Å²) in [6.07, 6.45) is 3.76. The van der Waals surface area contributed by atoms with Gasteiger partial charge in [0.05, 0.1) is 31.1 Å². The highest BCUT2D eigenvalue weighted by Gasteiger charge is 2.50. The summed E-state index contributed by atoms with van der Waals surface area (Å²) in [7, 11) is 0. The molecule has 3 heterocycles. The molecule has 0 aliphatic carbocycles. The summed E-state index contributed by atoms with van der Waals surface area (Å²) in [5.74, 6) is -0.623. The Labute approximate surface area is 167 Å². The van der Waals surface area contributed by atoms with Crippen LogP contribution >= 0.6 is 0 Å². The molecule has 9 nitrogen and oxygen atoms in total. The van der Waals surface area contributed by atoms with E-state index in [1.165, 1.54) is 4.90 Å². The number of H-pyrrole nitrogens is 1. The molecule has 0 spiro atoms. The van der Waals surface area contributed by atoms with Gasteiger partial charge < -0.3 is 25.2 Å². The Morgan fingerprint density at radius 2 is 2.07 bits per heavy atom. The Morgan fingerprint density at radius 1 is 1.28 bits per heavy atom. The predicted molar refractivity (Wildman–Crippen MR) is 102 cm³/mol. The lowest BCUT2D eigenvalue weighted by molar-refractivity contribution is -0.150. The summed E-state index contributed by atoms with van der Waals surface area (Å²) < 4.78 is 0. The number of hydrogen-bond acceptors (Lipinski definition) is 5. The van der Waals surface area contributed by atoms with Gasteiger partial charge in [-0.1, -0.05) is 30.3 Å². The molecule has 0 saturated carbocycles. The lowest BCUT2D eigenvalue weighted by Gasteiger charge is -2.40. The molecular weight excluding hydrogens is 374 g/mol. The van der Waals surface area contributed by atoms with Gasteiger partial charge in [-0.15, -0.1) is 0 Å². The fourth-order valence-electron chi connectivity index (χ4n) is 4.32. The lowest BCUT2D eigenvalue weighted by Crippen LogP contribution is -2.56. The first-order valence-corrected chi connectivity index (χ1v) is 9.59. The van der Waals surface area contributed by atoms with Crippen LogP contribution < -0.4 is 5.32 Å². The Hall–Kier alpha value is -3.20. The molecule has 2 fully saturated rings. The zero-order chi connectivity index (χ0) is 20.4. The fraction of sp³-hybridized carbons (Fsp3) is 0.400. The first kappa shape index (κ1) is 19.1. The van der Waals surface area contributed by atoms with Crippen molar-refractivity contribution in [1.82, 2.24) is 25.1 Å². The number of hydrogen-bond donors (Lipinski definition) is 3. The Kier molecular flexibility index (Phi) is 5.30. The topological polar surface area (TPSA) is 119 Å². The van der Waals surface area contributed by atoms with Crippen molar-refractivity contribution in [3.05, 3.63) is 54.1 Å². The number of aromatic nitrogens is 2. The third-order valence-corrected chi connectivity index (χ3v) is 5.60. The number of carbonyl (C=O) groups excluding carboxylic acids is 3. The molecule has 4 rings (SSSR count). The minimum absolute atomic E-state index is 0.0834. The number of imidazole rings is 1. The first-order chi connectivity index (χ1) is 14.1. The van der Waals surface area contributed by atoms with E-state index in [0.29, 0.717) is 18.8 Å². The van der Waals surface area contributed by atoms with Gasteiger partial charge in [-0.3, -0.25) is 14.4 Å². The summed E-state index contributed by atoms with van der Waals surface area (Å²) in [6.45, 7) is -0.122. The van der Waals surface area contributed by atoms with Gasteiger partial charge >= 0.3 is 0 Å². The largest absolute Gasteiger partial charge is 0.387 e.